The Bertz CT molecular complexity index is 540. The number of hydrogen-bond donors (Lipinski definition) is 0. The molecule has 5 nitrogen and oxygen atoms in total. The zero-order chi connectivity index (χ0) is 15.4. The first-order valence-corrected chi connectivity index (χ1v) is 8.37. The molecule has 0 aromatic heterocycles. The molecule has 0 aromatic carbocycles. The molecule has 2 aliphatic heterocycles. The third-order valence-electron chi connectivity index (χ3n) is 5.86. The third-order valence-corrected chi connectivity index (χ3v) is 5.86. The predicted molar refractivity (Wildman–Crippen MR) is 79.4 cm³/mol. The van der Waals surface area contributed by atoms with Gasteiger partial charge in [-0.25, -0.2) is 0 Å². The lowest BCUT2D eigenvalue weighted by molar-refractivity contribution is -0.147. The number of amides is 3. The summed E-state index contributed by atoms with van der Waals surface area (Å²) in [7, 11) is 0. The van der Waals surface area contributed by atoms with Crippen LogP contribution in [0.5, 0.6) is 0 Å². The van der Waals surface area contributed by atoms with Crippen LogP contribution in [-0.2, 0) is 14.4 Å². The number of fused-ring (bicyclic) bond motifs is 5. The number of imide groups is 1. The summed E-state index contributed by atoms with van der Waals surface area (Å²) in [6.07, 6.45) is 7.24. The van der Waals surface area contributed by atoms with Crippen molar-refractivity contribution in [2.75, 3.05) is 19.6 Å². The first kappa shape index (κ1) is 14.0. The van der Waals surface area contributed by atoms with E-state index >= 15 is 0 Å². The number of carbonyl (C=O) groups excluding carboxylic acids is 3. The highest BCUT2D eigenvalue weighted by atomic mass is 16.2. The maximum atomic E-state index is 12.6. The van der Waals surface area contributed by atoms with E-state index in [9.17, 15) is 14.4 Å². The Labute approximate surface area is 130 Å². The molecule has 4 aliphatic rings. The number of nitrogens with zero attached hydrogens (tertiary/aromatic N) is 2. The van der Waals surface area contributed by atoms with Gasteiger partial charge in [-0.15, -0.1) is 0 Å². The van der Waals surface area contributed by atoms with Crippen molar-refractivity contribution in [1.82, 2.24) is 9.80 Å². The molecule has 5 atom stereocenters. The fourth-order valence-electron chi connectivity index (χ4n) is 4.77. The lowest BCUT2D eigenvalue weighted by Gasteiger charge is -2.32. The van der Waals surface area contributed by atoms with Gasteiger partial charge in [0.25, 0.3) is 0 Å². The summed E-state index contributed by atoms with van der Waals surface area (Å²) in [5, 5.41) is 0. The second-order valence-corrected chi connectivity index (χ2v) is 7.35. The number of likely N-dealkylation sites (tertiary alicyclic amines) is 2. The van der Waals surface area contributed by atoms with Gasteiger partial charge in [0.1, 0.15) is 6.54 Å². The summed E-state index contributed by atoms with van der Waals surface area (Å²) in [4.78, 5) is 40.6. The predicted octanol–water partition coefficient (Wildman–Crippen LogP) is 1.05. The Morgan fingerprint density at radius 2 is 1.82 bits per heavy atom. The molecule has 5 heteroatoms. The van der Waals surface area contributed by atoms with Crippen molar-refractivity contribution in [1.29, 1.82) is 0 Å². The Morgan fingerprint density at radius 3 is 2.41 bits per heavy atom. The Hall–Kier alpha value is -1.65. The smallest absolute Gasteiger partial charge is 0.242 e. The van der Waals surface area contributed by atoms with Gasteiger partial charge in [0.15, 0.2) is 0 Å². The molecular formula is C17H22N2O3. The van der Waals surface area contributed by atoms with Crippen molar-refractivity contribution in [3.8, 4) is 0 Å². The van der Waals surface area contributed by atoms with Gasteiger partial charge in [0.2, 0.25) is 17.7 Å². The molecular weight excluding hydrogens is 280 g/mol. The molecule has 0 aromatic rings. The molecule has 22 heavy (non-hydrogen) atoms. The summed E-state index contributed by atoms with van der Waals surface area (Å²) in [6, 6.07) is 0. The normalized spacial score (nSPS) is 39.8. The molecule has 0 spiro atoms. The molecule has 0 N–H and O–H groups in total. The number of allylic oxidation sites excluding steroid dienone is 2. The van der Waals surface area contributed by atoms with Gasteiger partial charge < -0.3 is 4.90 Å². The van der Waals surface area contributed by atoms with Crippen molar-refractivity contribution in [2.45, 2.75) is 26.2 Å². The van der Waals surface area contributed by atoms with Gasteiger partial charge in [-0.05, 0) is 37.0 Å². The van der Waals surface area contributed by atoms with Crippen LogP contribution in [0, 0.1) is 29.6 Å². The summed E-state index contributed by atoms with van der Waals surface area (Å²) >= 11 is 0. The lowest BCUT2D eigenvalue weighted by Crippen LogP contribution is -2.46. The summed E-state index contributed by atoms with van der Waals surface area (Å²) in [5.41, 5.74) is 0. The Morgan fingerprint density at radius 1 is 1.18 bits per heavy atom. The van der Waals surface area contributed by atoms with E-state index in [1.54, 1.807) is 0 Å². The molecule has 2 aliphatic carbocycles. The molecule has 2 bridgehead atoms. The highest BCUT2D eigenvalue weighted by Gasteiger charge is 2.59. The summed E-state index contributed by atoms with van der Waals surface area (Å²) < 4.78 is 0. The van der Waals surface area contributed by atoms with E-state index in [0.29, 0.717) is 5.92 Å². The first-order chi connectivity index (χ1) is 10.6. The Kier molecular flexibility index (Phi) is 3.13. The van der Waals surface area contributed by atoms with Gasteiger partial charge in [-0.1, -0.05) is 19.1 Å². The van der Waals surface area contributed by atoms with Crippen molar-refractivity contribution in [2.24, 2.45) is 29.6 Å². The zero-order valence-corrected chi connectivity index (χ0v) is 12.9. The van der Waals surface area contributed by atoms with Gasteiger partial charge in [0, 0.05) is 13.1 Å². The highest BCUT2D eigenvalue weighted by molar-refractivity contribution is 6.08. The van der Waals surface area contributed by atoms with E-state index < -0.39 is 0 Å². The lowest BCUT2D eigenvalue weighted by atomic mass is 9.85. The van der Waals surface area contributed by atoms with E-state index in [4.69, 9.17) is 0 Å². The number of piperidine rings is 1. The number of hydrogen-bond acceptors (Lipinski definition) is 3. The fraction of sp³-hybridized carbons (Fsp3) is 0.706. The second-order valence-electron chi connectivity index (χ2n) is 7.35. The Balaban J connectivity index is 1.47. The summed E-state index contributed by atoms with van der Waals surface area (Å²) in [5.74, 6) is 0.209. The largest absolute Gasteiger partial charge is 0.341 e. The molecule has 3 fully saturated rings. The van der Waals surface area contributed by atoms with E-state index in [-0.39, 0.29) is 47.9 Å². The van der Waals surface area contributed by atoms with E-state index in [2.05, 4.69) is 19.1 Å². The molecule has 3 amide bonds. The van der Waals surface area contributed by atoms with Crippen molar-refractivity contribution in [3.63, 3.8) is 0 Å². The van der Waals surface area contributed by atoms with Crippen LogP contribution in [0.25, 0.3) is 0 Å². The molecule has 118 valence electrons. The van der Waals surface area contributed by atoms with Crippen LogP contribution in [0.1, 0.15) is 26.2 Å². The fourth-order valence-corrected chi connectivity index (χ4v) is 4.77. The van der Waals surface area contributed by atoms with Crippen LogP contribution in [0.4, 0.5) is 0 Å². The monoisotopic (exact) mass is 302 g/mol. The quantitative estimate of drug-likeness (QED) is 0.566. The molecule has 2 heterocycles. The summed E-state index contributed by atoms with van der Waals surface area (Å²) in [6.45, 7) is 3.57. The van der Waals surface area contributed by atoms with Crippen molar-refractivity contribution >= 4 is 17.7 Å². The van der Waals surface area contributed by atoms with E-state index in [0.717, 1.165) is 32.4 Å². The highest BCUT2D eigenvalue weighted by Crippen LogP contribution is 2.52. The maximum Gasteiger partial charge on any atom is 0.242 e. The minimum absolute atomic E-state index is 0.0587. The van der Waals surface area contributed by atoms with Gasteiger partial charge in [0.05, 0.1) is 11.8 Å². The first-order valence-electron chi connectivity index (χ1n) is 8.37. The molecule has 0 radical (unpaired) electrons. The topological polar surface area (TPSA) is 57.7 Å². The van der Waals surface area contributed by atoms with Gasteiger partial charge in [-0.3, -0.25) is 19.3 Å². The average Bonchev–Trinajstić information content (AvgIpc) is 3.17. The van der Waals surface area contributed by atoms with Crippen LogP contribution < -0.4 is 0 Å². The van der Waals surface area contributed by atoms with E-state index in [1.807, 2.05) is 4.90 Å². The third kappa shape index (κ3) is 1.94. The van der Waals surface area contributed by atoms with Crippen LogP contribution in [0.3, 0.4) is 0 Å². The zero-order valence-electron chi connectivity index (χ0n) is 12.9. The van der Waals surface area contributed by atoms with Gasteiger partial charge in [-0.2, -0.15) is 0 Å². The molecule has 2 saturated heterocycles. The molecule has 4 rings (SSSR count). The number of carbonyl (C=O) groups is 3. The van der Waals surface area contributed by atoms with Crippen molar-refractivity contribution in [3.05, 3.63) is 12.2 Å². The van der Waals surface area contributed by atoms with Crippen LogP contribution in [-0.4, -0.2) is 47.2 Å². The number of rotatable bonds is 2. The maximum absolute atomic E-state index is 12.6. The molecule has 5 unspecified atom stereocenters. The SMILES string of the molecule is CC1CCCN(C(=O)CN2C(=O)C3C4C=CC(C4)C3C2=O)C1. The van der Waals surface area contributed by atoms with Crippen molar-refractivity contribution < 1.29 is 14.4 Å². The minimum Gasteiger partial charge on any atom is -0.341 e. The van der Waals surface area contributed by atoms with Crippen LogP contribution >= 0.6 is 0 Å². The molecule has 1 saturated carbocycles. The van der Waals surface area contributed by atoms with Crippen LogP contribution in [0.15, 0.2) is 12.2 Å². The second kappa shape index (κ2) is 4.93. The van der Waals surface area contributed by atoms with Crippen LogP contribution in [0.2, 0.25) is 0 Å². The minimum atomic E-state index is -0.199. The van der Waals surface area contributed by atoms with Gasteiger partial charge >= 0.3 is 0 Å². The average molecular weight is 302 g/mol. The standard InChI is InChI=1S/C17H22N2O3/c1-10-3-2-6-18(8-10)13(20)9-19-16(21)14-11-4-5-12(7-11)15(14)17(19)22/h4-5,10-12,14-15H,2-3,6-9H2,1H3. The van der Waals surface area contributed by atoms with E-state index in [1.165, 1.54) is 4.90 Å².